The SMILES string of the molecule is CC(C)NC(=O)COC(=O)c1csc(-c2cccc(Cl)c2)n1. The van der Waals surface area contributed by atoms with Crippen LogP contribution in [-0.4, -0.2) is 29.5 Å². The smallest absolute Gasteiger partial charge is 0.358 e. The van der Waals surface area contributed by atoms with Crippen LogP contribution < -0.4 is 5.32 Å². The van der Waals surface area contributed by atoms with E-state index < -0.39 is 5.97 Å². The van der Waals surface area contributed by atoms with Crippen LogP contribution in [0.3, 0.4) is 0 Å². The summed E-state index contributed by atoms with van der Waals surface area (Å²) in [4.78, 5) is 27.5. The molecule has 0 saturated carbocycles. The zero-order valence-electron chi connectivity index (χ0n) is 12.1. The largest absolute Gasteiger partial charge is 0.451 e. The molecule has 0 saturated heterocycles. The van der Waals surface area contributed by atoms with Crippen LogP contribution in [0.15, 0.2) is 29.6 Å². The number of ether oxygens (including phenoxy) is 1. The standard InChI is InChI=1S/C15H15ClN2O3S/c1-9(2)17-13(19)7-21-15(20)12-8-22-14(18-12)10-4-3-5-11(16)6-10/h3-6,8-9H,7H2,1-2H3,(H,17,19). The molecule has 0 spiro atoms. The normalized spacial score (nSPS) is 10.5. The van der Waals surface area contributed by atoms with Crippen molar-refractivity contribution in [2.24, 2.45) is 0 Å². The predicted molar refractivity (Wildman–Crippen MR) is 86.1 cm³/mol. The molecule has 0 aliphatic carbocycles. The highest BCUT2D eigenvalue weighted by Crippen LogP contribution is 2.26. The molecular formula is C15H15ClN2O3S. The van der Waals surface area contributed by atoms with E-state index in [1.54, 1.807) is 17.5 Å². The van der Waals surface area contributed by atoms with Gasteiger partial charge in [0.1, 0.15) is 5.01 Å². The Labute approximate surface area is 137 Å². The second kappa shape index (κ2) is 7.38. The number of nitrogens with one attached hydrogen (secondary N) is 1. The van der Waals surface area contributed by atoms with Crippen molar-refractivity contribution in [3.05, 3.63) is 40.4 Å². The number of nitrogens with zero attached hydrogens (tertiary/aromatic N) is 1. The lowest BCUT2D eigenvalue weighted by Gasteiger charge is -2.07. The Hall–Kier alpha value is -1.92. The lowest BCUT2D eigenvalue weighted by atomic mass is 10.2. The van der Waals surface area contributed by atoms with E-state index in [0.29, 0.717) is 10.0 Å². The summed E-state index contributed by atoms with van der Waals surface area (Å²) >= 11 is 7.24. The average Bonchev–Trinajstić information content (AvgIpc) is 2.94. The molecule has 1 amide bonds. The van der Waals surface area contributed by atoms with E-state index in [1.807, 2.05) is 26.0 Å². The van der Waals surface area contributed by atoms with Crippen LogP contribution in [0.1, 0.15) is 24.3 Å². The maximum atomic E-state index is 11.9. The molecule has 5 nitrogen and oxygen atoms in total. The maximum absolute atomic E-state index is 11.9. The van der Waals surface area contributed by atoms with Crippen LogP contribution in [0.2, 0.25) is 5.02 Å². The summed E-state index contributed by atoms with van der Waals surface area (Å²) < 4.78 is 4.93. The average molecular weight is 339 g/mol. The van der Waals surface area contributed by atoms with Gasteiger partial charge in [-0.1, -0.05) is 23.7 Å². The third kappa shape index (κ3) is 4.54. The number of benzene rings is 1. The van der Waals surface area contributed by atoms with Gasteiger partial charge in [-0.2, -0.15) is 0 Å². The Morgan fingerprint density at radius 3 is 2.86 bits per heavy atom. The Balaban J connectivity index is 1.99. The minimum absolute atomic E-state index is 0.0000867. The maximum Gasteiger partial charge on any atom is 0.358 e. The fraction of sp³-hybridized carbons (Fsp3) is 0.267. The molecule has 0 aliphatic heterocycles. The quantitative estimate of drug-likeness (QED) is 0.850. The first-order valence-electron chi connectivity index (χ1n) is 6.63. The number of carbonyl (C=O) groups is 2. The molecule has 1 aromatic carbocycles. The van der Waals surface area contributed by atoms with E-state index in [-0.39, 0.29) is 24.2 Å². The number of thiazole rings is 1. The Morgan fingerprint density at radius 1 is 1.41 bits per heavy atom. The van der Waals surface area contributed by atoms with Crippen LogP contribution in [-0.2, 0) is 9.53 Å². The van der Waals surface area contributed by atoms with Crippen molar-refractivity contribution < 1.29 is 14.3 Å². The van der Waals surface area contributed by atoms with Crippen LogP contribution in [0.4, 0.5) is 0 Å². The fourth-order valence-corrected chi connectivity index (χ4v) is 2.67. The number of halogens is 1. The highest BCUT2D eigenvalue weighted by Gasteiger charge is 2.15. The van der Waals surface area contributed by atoms with Crippen LogP contribution >= 0.6 is 22.9 Å². The molecular weight excluding hydrogens is 324 g/mol. The van der Waals surface area contributed by atoms with Crippen LogP contribution in [0.25, 0.3) is 10.6 Å². The van der Waals surface area contributed by atoms with E-state index in [4.69, 9.17) is 16.3 Å². The second-order valence-electron chi connectivity index (χ2n) is 4.85. The van der Waals surface area contributed by atoms with Gasteiger partial charge < -0.3 is 10.1 Å². The van der Waals surface area contributed by atoms with E-state index in [1.165, 1.54) is 11.3 Å². The summed E-state index contributed by atoms with van der Waals surface area (Å²) in [6.07, 6.45) is 0. The molecule has 22 heavy (non-hydrogen) atoms. The van der Waals surface area contributed by atoms with Gasteiger partial charge in [0, 0.05) is 22.0 Å². The number of rotatable bonds is 5. The van der Waals surface area contributed by atoms with Crippen molar-refractivity contribution >= 4 is 34.8 Å². The van der Waals surface area contributed by atoms with E-state index in [9.17, 15) is 9.59 Å². The number of aromatic nitrogens is 1. The number of hydrogen-bond donors (Lipinski definition) is 1. The van der Waals surface area contributed by atoms with Crippen LogP contribution in [0.5, 0.6) is 0 Å². The van der Waals surface area contributed by atoms with Crippen LogP contribution in [0, 0.1) is 0 Å². The second-order valence-corrected chi connectivity index (χ2v) is 6.14. The van der Waals surface area contributed by atoms with E-state index in [2.05, 4.69) is 10.3 Å². The number of carbonyl (C=O) groups excluding carboxylic acids is 2. The molecule has 1 N–H and O–H groups in total. The molecule has 0 unspecified atom stereocenters. The van der Waals surface area contributed by atoms with Crippen molar-refractivity contribution in [1.29, 1.82) is 0 Å². The number of hydrogen-bond acceptors (Lipinski definition) is 5. The third-order valence-electron chi connectivity index (χ3n) is 2.57. The third-order valence-corrected chi connectivity index (χ3v) is 3.70. The van der Waals surface area contributed by atoms with Gasteiger partial charge in [0.25, 0.3) is 5.91 Å². The molecule has 0 radical (unpaired) electrons. The number of esters is 1. The summed E-state index contributed by atoms with van der Waals surface area (Å²) in [6, 6.07) is 7.20. The first-order valence-corrected chi connectivity index (χ1v) is 7.89. The van der Waals surface area contributed by atoms with Crippen molar-refractivity contribution in [2.45, 2.75) is 19.9 Å². The van der Waals surface area contributed by atoms with Gasteiger partial charge in [-0.15, -0.1) is 11.3 Å². The molecule has 116 valence electrons. The summed E-state index contributed by atoms with van der Waals surface area (Å²) in [6.45, 7) is 3.34. The van der Waals surface area contributed by atoms with Crippen molar-refractivity contribution in [1.82, 2.24) is 10.3 Å². The number of amides is 1. The lowest BCUT2D eigenvalue weighted by Crippen LogP contribution is -2.34. The highest BCUT2D eigenvalue weighted by molar-refractivity contribution is 7.13. The Bertz CT molecular complexity index is 685. The van der Waals surface area contributed by atoms with Crippen molar-refractivity contribution in [3.8, 4) is 10.6 Å². The zero-order valence-corrected chi connectivity index (χ0v) is 13.7. The van der Waals surface area contributed by atoms with Gasteiger partial charge >= 0.3 is 5.97 Å². The summed E-state index contributed by atoms with van der Waals surface area (Å²) in [5.74, 6) is -0.961. The highest BCUT2D eigenvalue weighted by atomic mass is 35.5. The zero-order chi connectivity index (χ0) is 16.1. The van der Waals surface area contributed by atoms with Gasteiger partial charge in [-0.05, 0) is 26.0 Å². The fourth-order valence-electron chi connectivity index (χ4n) is 1.69. The Kier molecular flexibility index (Phi) is 5.51. The predicted octanol–water partition coefficient (Wildman–Crippen LogP) is 3.14. The topological polar surface area (TPSA) is 68.3 Å². The molecule has 7 heteroatoms. The minimum Gasteiger partial charge on any atom is -0.451 e. The minimum atomic E-state index is -0.622. The molecule has 0 bridgehead atoms. The van der Waals surface area contributed by atoms with Gasteiger partial charge in [-0.3, -0.25) is 4.79 Å². The van der Waals surface area contributed by atoms with E-state index in [0.717, 1.165) is 5.56 Å². The molecule has 2 rings (SSSR count). The molecule has 1 aromatic heterocycles. The molecule has 0 atom stereocenters. The van der Waals surface area contributed by atoms with Gasteiger partial charge in [-0.25, -0.2) is 9.78 Å². The Morgan fingerprint density at radius 2 is 2.18 bits per heavy atom. The lowest BCUT2D eigenvalue weighted by molar-refractivity contribution is -0.124. The van der Waals surface area contributed by atoms with Gasteiger partial charge in [0.2, 0.25) is 0 Å². The summed E-state index contributed by atoms with van der Waals surface area (Å²) in [5, 5.41) is 5.50. The van der Waals surface area contributed by atoms with Gasteiger partial charge in [0.15, 0.2) is 12.3 Å². The first kappa shape index (κ1) is 16.5. The summed E-state index contributed by atoms with van der Waals surface area (Å²) in [7, 11) is 0. The monoisotopic (exact) mass is 338 g/mol. The van der Waals surface area contributed by atoms with Crippen molar-refractivity contribution in [3.63, 3.8) is 0 Å². The van der Waals surface area contributed by atoms with E-state index >= 15 is 0 Å². The van der Waals surface area contributed by atoms with Crippen molar-refractivity contribution in [2.75, 3.05) is 6.61 Å². The molecule has 0 fully saturated rings. The molecule has 2 aromatic rings. The first-order chi connectivity index (χ1) is 10.5. The summed E-state index contributed by atoms with van der Waals surface area (Å²) in [5.41, 5.74) is 1.01. The molecule has 0 aliphatic rings. The van der Waals surface area contributed by atoms with Gasteiger partial charge in [0.05, 0.1) is 0 Å². The molecule has 1 heterocycles.